The smallest absolute Gasteiger partial charge is 0.421 e. The van der Waals surface area contributed by atoms with Gasteiger partial charge in [0.15, 0.2) is 0 Å². The van der Waals surface area contributed by atoms with E-state index in [4.69, 9.17) is 4.74 Å². The number of ether oxygens (including phenoxy) is 1. The van der Waals surface area contributed by atoms with E-state index in [-0.39, 0.29) is 22.9 Å². The Hall–Kier alpha value is -3.57. The number of hydrogen-bond acceptors (Lipinski definition) is 7. The van der Waals surface area contributed by atoms with Crippen LogP contribution in [0.3, 0.4) is 0 Å². The van der Waals surface area contributed by atoms with Gasteiger partial charge in [-0.05, 0) is 12.5 Å². The molecule has 0 spiro atoms. The molecule has 1 aromatic carbocycles. The highest BCUT2D eigenvalue weighted by Crippen LogP contribution is 2.35. The first-order valence-corrected chi connectivity index (χ1v) is 10.2. The predicted octanol–water partition coefficient (Wildman–Crippen LogP) is 3.47. The van der Waals surface area contributed by atoms with Crippen LogP contribution in [0.25, 0.3) is 0 Å². The minimum atomic E-state index is -4.64. The van der Waals surface area contributed by atoms with Gasteiger partial charge < -0.3 is 25.2 Å². The monoisotopic (exact) mass is 466 g/mol. The van der Waals surface area contributed by atoms with Crippen molar-refractivity contribution in [3.63, 3.8) is 0 Å². The third-order valence-corrected chi connectivity index (χ3v) is 5.56. The van der Waals surface area contributed by atoms with E-state index in [9.17, 15) is 22.4 Å². The summed E-state index contributed by atoms with van der Waals surface area (Å²) in [7, 11) is 2.63. The van der Waals surface area contributed by atoms with Gasteiger partial charge in [-0.1, -0.05) is 6.08 Å². The molecule has 1 aromatic heterocycles. The van der Waals surface area contributed by atoms with E-state index in [0.717, 1.165) is 24.7 Å². The van der Waals surface area contributed by atoms with Crippen LogP contribution in [-0.2, 0) is 6.18 Å². The van der Waals surface area contributed by atoms with E-state index < -0.39 is 29.3 Å². The molecule has 0 atom stereocenters. The third kappa shape index (κ3) is 4.50. The maximum Gasteiger partial charge on any atom is 0.421 e. The number of nitrogens with zero attached hydrogens (tertiary/aromatic N) is 4. The van der Waals surface area contributed by atoms with E-state index in [1.54, 1.807) is 4.90 Å². The van der Waals surface area contributed by atoms with Crippen LogP contribution in [0.15, 0.2) is 30.1 Å². The average Bonchev–Trinajstić information content (AvgIpc) is 3.26. The number of halogens is 4. The molecule has 33 heavy (non-hydrogen) atoms. The van der Waals surface area contributed by atoms with Crippen molar-refractivity contribution in [1.29, 1.82) is 0 Å². The number of alkyl halides is 3. The first-order valence-electron chi connectivity index (χ1n) is 10.2. The van der Waals surface area contributed by atoms with Crippen molar-refractivity contribution in [2.75, 3.05) is 51.0 Å². The molecule has 2 aliphatic rings. The Bertz CT molecular complexity index is 1100. The van der Waals surface area contributed by atoms with E-state index in [1.165, 1.54) is 20.2 Å². The molecule has 0 radical (unpaired) electrons. The van der Waals surface area contributed by atoms with Crippen LogP contribution >= 0.6 is 0 Å². The zero-order valence-electron chi connectivity index (χ0n) is 18.0. The minimum absolute atomic E-state index is 0.0664. The second-order valence-corrected chi connectivity index (χ2v) is 7.56. The zero-order valence-corrected chi connectivity index (χ0v) is 18.0. The molecule has 1 saturated heterocycles. The van der Waals surface area contributed by atoms with E-state index in [2.05, 4.69) is 31.6 Å². The molecule has 0 aliphatic carbocycles. The topological polar surface area (TPSA) is 82.6 Å². The number of benzene rings is 1. The molecule has 0 saturated carbocycles. The van der Waals surface area contributed by atoms with Crippen LogP contribution in [0.2, 0.25) is 0 Å². The Balaban J connectivity index is 1.58. The SMILES string of the molecule is CNc1nc(Nc2cc(F)c(C(=O)N3CCN4CCC=C4C3)cc2OC)ncc1C(F)(F)F. The summed E-state index contributed by atoms with van der Waals surface area (Å²) in [6.07, 6.45) is -1.00. The van der Waals surface area contributed by atoms with Crippen LogP contribution < -0.4 is 15.4 Å². The summed E-state index contributed by atoms with van der Waals surface area (Å²) in [5, 5.41) is 5.03. The number of fused-ring (bicyclic) bond motifs is 1. The standard InChI is InChI=1S/C21H22F4N6O2/c1-26-18-14(21(23,24)25)10-27-20(29-18)28-16-9-15(22)13(8-17(16)33-2)19(32)31-7-6-30-5-3-4-12(30)11-31/h4,8-10H,3,5-7,11H2,1-2H3,(H2,26,27,28,29). The molecule has 2 aliphatic heterocycles. The van der Waals surface area contributed by atoms with Crippen molar-refractivity contribution in [3.05, 3.63) is 47.0 Å². The van der Waals surface area contributed by atoms with Crippen LogP contribution in [0.4, 0.5) is 35.0 Å². The number of anilines is 3. The van der Waals surface area contributed by atoms with Crippen LogP contribution in [-0.4, -0.2) is 66.0 Å². The van der Waals surface area contributed by atoms with Crippen LogP contribution in [0, 0.1) is 5.82 Å². The summed E-state index contributed by atoms with van der Waals surface area (Å²) < 4.78 is 59.4. The van der Waals surface area contributed by atoms with Crippen molar-refractivity contribution < 1.29 is 27.1 Å². The van der Waals surface area contributed by atoms with E-state index >= 15 is 0 Å². The van der Waals surface area contributed by atoms with Gasteiger partial charge in [0.25, 0.3) is 5.91 Å². The lowest BCUT2D eigenvalue weighted by Gasteiger charge is -2.35. The van der Waals surface area contributed by atoms with E-state index in [0.29, 0.717) is 25.8 Å². The average molecular weight is 466 g/mol. The summed E-state index contributed by atoms with van der Waals surface area (Å²) in [6, 6.07) is 2.30. The highest BCUT2D eigenvalue weighted by atomic mass is 19.4. The highest BCUT2D eigenvalue weighted by molar-refractivity contribution is 5.96. The normalized spacial score (nSPS) is 15.8. The summed E-state index contributed by atoms with van der Waals surface area (Å²) in [6.45, 7) is 2.51. The first kappa shape index (κ1) is 22.6. The van der Waals surface area contributed by atoms with Gasteiger partial charge in [-0.25, -0.2) is 9.37 Å². The Labute approximate surface area is 187 Å². The third-order valence-electron chi connectivity index (χ3n) is 5.56. The van der Waals surface area contributed by atoms with Crippen LogP contribution in [0.5, 0.6) is 5.75 Å². The molecular formula is C21H22F4N6O2. The Morgan fingerprint density at radius 3 is 2.70 bits per heavy atom. The molecule has 176 valence electrons. The van der Waals surface area contributed by atoms with Gasteiger partial charge in [-0.2, -0.15) is 18.2 Å². The fraction of sp³-hybridized carbons (Fsp3) is 0.381. The molecule has 4 rings (SSSR count). The molecule has 12 heteroatoms. The summed E-state index contributed by atoms with van der Waals surface area (Å²) >= 11 is 0. The van der Waals surface area contributed by atoms with Crippen molar-refractivity contribution in [3.8, 4) is 5.75 Å². The highest BCUT2D eigenvalue weighted by Gasteiger charge is 2.35. The van der Waals surface area contributed by atoms with Crippen molar-refractivity contribution in [2.45, 2.75) is 12.6 Å². The maximum atomic E-state index is 14.9. The number of carbonyl (C=O) groups excluding carboxylic acids is 1. The number of amides is 1. The Morgan fingerprint density at radius 2 is 2.00 bits per heavy atom. The Morgan fingerprint density at radius 1 is 1.21 bits per heavy atom. The molecular weight excluding hydrogens is 444 g/mol. The van der Waals surface area contributed by atoms with Crippen molar-refractivity contribution in [2.24, 2.45) is 0 Å². The maximum absolute atomic E-state index is 14.9. The van der Waals surface area contributed by atoms with Crippen molar-refractivity contribution >= 4 is 23.4 Å². The van der Waals surface area contributed by atoms with Gasteiger partial charge in [0.2, 0.25) is 5.95 Å². The second kappa shape index (κ2) is 8.75. The largest absolute Gasteiger partial charge is 0.495 e. The second-order valence-electron chi connectivity index (χ2n) is 7.56. The number of nitrogens with one attached hydrogen (secondary N) is 2. The molecule has 3 heterocycles. The van der Waals surface area contributed by atoms with Crippen LogP contribution in [0.1, 0.15) is 22.3 Å². The quantitative estimate of drug-likeness (QED) is 0.653. The van der Waals surface area contributed by atoms with Gasteiger partial charge in [-0.15, -0.1) is 0 Å². The number of hydrogen-bond donors (Lipinski definition) is 2. The van der Waals surface area contributed by atoms with Gasteiger partial charge in [0, 0.05) is 44.6 Å². The van der Waals surface area contributed by atoms with Crippen molar-refractivity contribution in [1.82, 2.24) is 19.8 Å². The molecule has 0 unspecified atom stereocenters. The van der Waals surface area contributed by atoms with Gasteiger partial charge in [0.1, 0.15) is 22.9 Å². The number of rotatable bonds is 5. The predicted molar refractivity (Wildman–Crippen MR) is 113 cm³/mol. The van der Waals surface area contributed by atoms with Gasteiger partial charge >= 0.3 is 6.18 Å². The minimum Gasteiger partial charge on any atom is -0.495 e. The summed E-state index contributed by atoms with van der Waals surface area (Å²) in [5.41, 5.74) is -0.0717. The number of methoxy groups -OCH3 is 1. The zero-order chi connectivity index (χ0) is 23.8. The fourth-order valence-electron chi connectivity index (χ4n) is 3.88. The number of carbonyl (C=O) groups is 1. The molecule has 1 amide bonds. The lowest BCUT2D eigenvalue weighted by molar-refractivity contribution is -0.137. The molecule has 0 bridgehead atoms. The van der Waals surface area contributed by atoms with E-state index in [1.807, 2.05) is 0 Å². The first-order chi connectivity index (χ1) is 15.7. The lowest BCUT2D eigenvalue weighted by Crippen LogP contribution is -2.46. The Kier molecular flexibility index (Phi) is 6.00. The number of piperazine rings is 1. The fourth-order valence-corrected chi connectivity index (χ4v) is 3.88. The molecule has 2 aromatic rings. The molecule has 1 fully saturated rings. The van der Waals surface area contributed by atoms with Gasteiger partial charge in [0.05, 0.1) is 24.9 Å². The van der Waals surface area contributed by atoms with Gasteiger partial charge in [-0.3, -0.25) is 4.79 Å². The molecule has 2 N–H and O–H groups in total. The molecule has 8 nitrogen and oxygen atoms in total. The summed E-state index contributed by atoms with van der Waals surface area (Å²) in [4.78, 5) is 24.2. The number of aromatic nitrogens is 2. The summed E-state index contributed by atoms with van der Waals surface area (Å²) in [5.74, 6) is -1.78. The lowest BCUT2D eigenvalue weighted by atomic mass is 10.1.